The number of amides is 2. The Morgan fingerprint density at radius 2 is 1.43 bits per heavy atom. The predicted molar refractivity (Wildman–Crippen MR) is 240 cm³/mol. The molecule has 2 rings (SSSR count). The van der Waals surface area contributed by atoms with Crippen LogP contribution in [0.2, 0.25) is 0 Å². The fourth-order valence-corrected chi connectivity index (χ4v) is 8.19. The molecule has 0 bridgehead atoms. The van der Waals surface area contributed by atoms with Gasteiger partial charge < -0.3 is 25.5 Å². The Labute approximate surface area is 351 Å². The molecule has 2 aliphatic carbocycles. The summed E-state index contributed by atoms with van der Waals surface area (Å²) in [4.78, 5) is 38.9. The van der Waals surface area contributed by atoms with Crippen LogP contribution in [-0.2, 0) is 14.4 Å². The van der Waals surface area contributed by atoms with Crippen LogP contribution in [0, 0.1) is 40.9 Å². The predicted octanol–water partition coefficient (Wildman–Crippen LogP) is 10.1. The molecular formula is C50H78N2O6. The van der Waals surface area contributed by atoms with Crippen LogP contribution in [0.15, 0.2) is 96.7 Å². The van der Waals surface area contributed by atoms with Crippen LogP contribution in [-0.4, -0.2) is 70.3 Å². The second-order valence-corrected chi connectivity index (χ2v) is 17.2. The van der Waals surface area contributed by atoms with Gasteiger partial charge in [0.15, 0.2) is 0 Å². The first kappa shape index (κ1) is 50.4. The molecule has 3 unspecified atom stereocenters. The topological polar surface area (TPSA) is 127 Å². The number of carbonyl (C=O) groups is 3. The van der Waals surface area contributed by atoms with Crippen LogP contribution in [0.25, 0.3) is 0 Å². The number of nitrogens with zero attached hydrogens (tertiary/aromatic N) is 1. The number of carboxylic acids is 1. The van der Waals surface area contributed by atoms with E-state index < -0.39 is 23.6 Å². The van der Waals surface area contributed by atoms with Gasteiger partial charge in [0.1, 0.15) is 0 Å². The Hall–Kier alpha value is -3.75. The summed E-state index contributed by atoms with van der Waals surface area (Å²) in [5, 5.41) is 34.4. The lowest BCUT2D eigenvalue weighted by atomic mass is 9.56. The zero-order valence-corrected chi connectivity index (χ0v) is 36.9. The van der Waals surface area contributed by atoms with Crippen molar-refractivity contribution in [2.24, 2.45) is 40.9 Å². The van der Waals surface area contributed by atoms with Crippen molar-refractivity contribution in [1.82, 2.24) is 10.2 Å². The molecule has 8 atom stereocenters. The quantitative estimate of drug-likeness (QED) is 0.0613. The minimum atomic E-state index is -0.977. The van der Waals surface area contributed by atoms with Crippen molar-refractivity contribution in [1.29, 1.82) is 0 Å². The number of aliphatic hydroxyl groups is 2. The zero-order chi connectivity index (χ0) is 42.9. The van der Waals surface area contributed by atoms with E-state index in [1.165, 1.54) is 5.57 Å². The third-order valence-corrected chi connectivity index (χ3v) is 12.1. The molecule has 0 radical (unpaired) electrons. The van der Waals surface area contributed by atoms with Crippen molar-refractivity contribution >= 4 is 17.8 Å². The molecule has 0 aliphatic heterocycles. The van der Waals surface area contributed by atoms with Gasteiger partial charge in [-0.05, 0) is 126 Å². The number of likely N-dealkylation sites (N-methyl/N-ethyl adjacent to an activating group) is 1. The zero-order valence-electron chi connectivity index (χ0n) is 36.9. The lowest BCUT2D eigenvalue weighted by molar-refractivity contribution is -0.152. The summed E-state index contributed by atoms with van der Waals surface area (Å²) < 4.78 is 0. The Morgan fingerprint density at radius 3 is 1.98 bits per heavy atom. The minimum Gasteiger partial charge on any atom is -0.481 e. The Bertz CT molecular complexity index is 1480. The fourth-order valence-electron chi connectivity index (χ4n) is 8.19. The molecule has 0 aromatic carbocycles. The largest absolute Gasteiger partial charge is 0.481 e. The van der Waals surface area contributed by atoms with Gasteiger partial charge >= 0.3 is 5.97 Å². The van der Waals surface area contributed by atoms with E-state index in [2.05, 4.69) is 118 Å². The smallest absolute Gasteiger partial charge is 0.309 e. The monoisotopic (exact) mass is 803 g/mol. The summed E-state index contributed by atoms with van der Waals surface area (Å²) in [5.41, 5.74) is 0.427. The number of nitrogens with one attached hydrogen (secondary N) is 1. The third kappa shape index (κ3) is 18.9. The Kier molecular flexibility index (Phi) is 24.2. The maximum absolute atomic E-state index is 12.6. The third-order valence-electron chi connectivity index (χ3n) is 12.1. The first-order valence-corrected chi connectivity index (χ1v) is 22.1. The second-order valence-electron chi connectivity index (χ2n) is 17.2. The Balaban J connectivity index is 1.63. The molecule has 4 N–H and O–H groups in total. The van der Waals surface area contributed by atoms with Crippen molar-refractivity contribution < 1.29 is 29.7 Å². The van der Waals surface area contributed by atoms with Gasteiger partial charge in [0.05, 0.1) is 24.0 Å². The van der Waals surface area contributed by atoms with Crippen LogP contribution >= 0.6 is 0 Å². The number of aliphatic hydroxyl groups excluding tert-OH is 2. The standard InChI is InChI=1S/C50H78N2O6/c1-8-9-10-11-12-13-14-15-16-17-18-19-20-21-22-23-24-25-26-27-47(56)52(7)33-32-51-46(55)37-43(54)36-42(53)30-31-44-39(3)28-29-41-34-38(2)35-45(48(41)44)40(4)50(5,6)49(57)58/h9-10,12-13,15-16,18-19,21-22,24-25,28-29,34,38-40,42-45,48,53-54H,8,11,14,17,20,23,26-27,30-33,35-37H2,1-7H3,(H,51,55)(H,57,58)/t38?,39-,40+,42-,43+,44-,45?,48?/m0/s1. The number of hydrogen-bond donors (Lipinski definition) is 4. The summed E-state index contributed by atoms with van der Waals surface area (Å²) >= 11 is 0. The van der Waals surface area contributed by atoms with Crippen LogP contribution in [0.1, 0.15) is 125 Å². The molecule has 0 aromatic rings. The molecule has 324 valence electrons. The van der Waals surface area contributed by atoms with E-state index in [1.54, 1.807) is 11.9 Å². The minimum absolute atomic E-state index is 0.0106. The van der Waals surface area contributed by atoms with Gasteiger partial charge in [-0.25, -0.2) is 0 Å². The summed E-state index contributed by atoms with van der Waals surface area (Å²) in [6, 6.07) is 0. The normalized spacial score (nSPS) is 23.0. The highest BCUT2D eigenvalue weighted by molar-refractivity contribution is 5.77. The lowest BCUT2D eigenvalue weighted by Gasteiger charge is -2.48. The molecule has 2 aliphatic rings. The van der Waals surface area contributed by atoms with Gasteiger partial charge in [0.2, 0.25) is 11.8 Å². The van der Waals surface area contributed by atoms with Gasteiger partial charge in [-0.2, -0.15) is 0 Å². The van der Waals surface area contributed by atoms with E-state index in [0.29, 0.717) is 31.7 Å². The van der Waals surface area contributed by atoms with E-state index in [0.717, 1.165) is 51.4 Å². The number of carbonyl (C=O) groups excluding carboxylic acids is 2. The Morgan fingerprint density at radius 1 is 0.879 bits per heavy atom. The van der Waals surface area contributed by atoms with E-state index >= 15 is 0 Å². The molecule has 0 fully saturated rings. The molecule has 2 amide bonds. The van der Waals surface area contributed by atoms with E-state index in [9.17, 15) is 29.7 Å². The average molecular weight is 803 g/mol. The summed E-state index contributed by atoms with van der Waals surface area (Å²) in [6.07, 6.45) is 39.9. The van der Waals surface area contributed by atoms with Gasteiger partial charge in [-0.3, -0.25) is 14.4 Å². The number of aliphatic carboxylic acids is 1. The highest BCUT2D eigenvalue weighted by Gasteiger charge is 2.47. The summed E-state index contributed by atoms with van der Waals surface area (Å²) in [5.74, 6) is 0.221. The number of rotatable bonds is 27. The lowest BCUT2D eigenvalue weighted by Crippen LogP contribution is -2.44. The molecule has 0 saturated heterocycles. The first-order valence-electron chi connectivity index (χ1n) is 22.1. The molecule has 0 saturated carbocycles. The van der Waals surface area contributed by atoms with E-state index in [1.807, 2.05) is 19.9 Å². The first-order chi connectivity index (χ1) is 27.7. The van der Waals surface area contributed by atoms with Crippen molar-refractivity contribution in [3.63, 3.8) is 0 Å². The molecule has 58 heavy (non-hydrogen) atoms. The van der Waals surface area contributed by atoms with Gasteiger partial charge in [0.25, 0.3) is 0 Å². The highest BCUT2D eigenvalue weighted by atomic mass is 16.4. The second kappa shape index (κ2) is 27.8. The number of fused-ring (bicyclic) bond motifs is 1. The van der Waals surface area contributed by atoms with Crippen LogP contribution in [0.5, 0.6) is 0 Å². The van der Waals surface area contributed by atoms with Crippen molar-refractivity contribution in [3.05, 3.63) is 96.7 Å². The van der Waals surface area contributed by atoms with Gasteiger partial charge in [-0.15, -0.1) is 0 Å². The number of carboxylic acid groups (broad SMARTS) is 1. The SMILES string of the molecule is CCC=CCC=CCC=CCC=CCC=CCC=CCCC(=O)N(C)CCNC(=O)C[C@H](O)C[C@@H](O)CC[C@@H]1C2C(=CC(C)CC2[C@@H](C)C(C)(C)C(=O)O)C=C[C@@H]1C. The molecule has 0 aromatic heterocycles. The average Bonchev–Trinajstić information content (AvgIpc) is 3.17. The fraction of sp³-hybridized carbons (Fsp3) is 0.620. The van der Waals surface area contributed by atoms with Crippen LogP contribution < -0.4 is 5.32 Å². The van der Waals surface area contributed by atoms with E-state index in [-0.39, 0.29) is 60.8 Å². The van der Waals surface area contributed by atoms with Crippen molar-refractivity contribution in [2.75, 3.05) is 20.1 Å². The number of allylic oxidation sites excluding steroid dienone is 16. The molecule has 8 heteroatoms. The maximum atomic E-state index is 12.6. The van der Waals surface area contributed by atoms with Crippen LogP contribution in [0.4, 0.5) is 0 Å². The van der Waals surface area contributed by atoms with Gasteiger partial charge in [0, 0.05) is 26.6 Å². The van der Waals surface area contributed by atoms with E-state index in [4.69, 9.17) is 0 Å². The summed E-state index contributed by atoms with van der Waals surface area (Å²) in [6.45, 7) is 12.9. The molecule has 0 spiro atoms. The summed E-state index contributed by atoms with van der Waals surface area (Å²) in [7, 11) is 1.73. The van der Waals surface area contributed by atoms with Gasteiger partial charge in [-0.1, -0.05) is 119 Å². The maximum Gasteiger partial charge on any atom is 0.309 e. The van der Waals surface area contributed by atoms with Crippen LogP contribution in [0.3, 0.4) is 0 Å². The van der Waals surface area contributed by atoms with Crippen molar-refractivity contribution in [2.45, 2.75) is 137 Å². The molecule has 0 heterocycles. The number of hydrogen-bond acceptors (Lipinski definition) is 5. The molecular weight excluding hydrogens is 725 g/mol. The molecule has 8 nitrogen and oxygen atoms in total. The van der Waals surface area contributed by atoms with Crippen molar-refractivity contribution in [3.8, 4) is 0 Å². The highest BCUT2D eigenvalue weighted by Crippen LogP contribution is 2.52.